The first kappa shape index (κ1) is 24.2. The van der Waals surface area contributed by atoms with E-state index >= 15 is 0 Å². The maximum absolute atomic E-state index is 12.0. The van der Waals surface area contributed by atoms with Gasteiger partial charge in [-0.1, -0.05) is 31.2 Å². The first-order valence-electron chi connectivity index (χ1n) is 9.57. The quantitative estimate of drug-likeness (QED) is 0.746. The summed E-state index contributed by atoms with van der Waals surface area (Å²) in [7, 11) is 0. The fourth-order valence-electron chi connectivity index (χ4n) is 3.49. The van der Waals surface area contributed by atoms with Crippen molar-refractivity contribution in [2.75, 3.05) is 32.8 Å². The van der Waals surface area contributed by atoms with Gasteiger partial charge in [-0.25, -0.2) is 0 Å². The zero-order valence-corrected chi connectivity index (χ0v) is 17.7. The lowest BCUT2D eigenvalue weighted by molar-refractivity contribution is -0.122. The van der Waals surface area contributed by atoms with Crippen molar-refractivity contribution < 1.29 is 9.53 Å². The Balaban J connectivity index is 0.00000182. The van der Waals surface area contributed by atoms with Crippen molar-refractivity contribution in [1.29, 1.82) is 0 Å². The van der Waals surface area contributed by atoms with Crippen LogP contribution in [-0.2, 0) is 22.6 Å². The summed E-state index contributed by atoms with van der Waals surface area (Å²) in [4.78, 5) is 14.6. The van der Waals surface area contributed by atoms with Crippen LogP contribution < -0.4 is 10.6 Å². The van der Waals surface area contributed by atoms with Gasteiger partial charge in [-0.15, -0.1) is 24.8 Å². The summed E-state index contributed by atoms with van der Waals surface area (Å²) in [5, 5.41) is 6.31. The lowest BCUT2D eigenvalue weighted by Crippen LogP contribution is -2.44. The minimum atomic E-state index is 0. The molecule has 2 fully saturated rings. The molecular weight excluding hydrogens is 385 g/mol. The highest BCUT2D eigenvalue weighted by atomic mass is 35.5. The molecule has 2 aliphatic rings. The van der Waals surface area contributed by atoms with Crippen LogP contribution in [0.2, 0.25) is 0 Å². The van der Waals surface area contributed by atoms with Crippen LogP contribution in [0.1, 0.15) is 37.3 Å². The van der Waals surface area contributed by atoms with Gasteiger partial charge in [0.2, 0.25) is 5.91 Å². The Morgan fingerprint density at radius 3 is 2.48 bits per heavy atom. The fraction of sp³-hybridized carbons (Fsp3) is 0.650. The molecule has 0 spiro atoms. The van der Waals surface area contributed by atoms with Crippen molar-refractivity contribution in [3.8, 4) is 0 Å². The number of hydrogen-bond donors (Lipinski definition) is 2. The van der Waals surface area contributed by atoms with Gasteiger partial charge in [0.25, 0.3) is 0 Å². The number of carbonyl (C=O) groups excluding carboxylic acids is 1. The van der Waals surface area contributed by atoms with E-state index in [9.17, 15) is 4.79 Å². The molecule has 0 radical (unpaired) electrons. The van der Waals surface area contributed by atoms with E-state index in [1.54, 1.807) is 0 Å². The SMILES string of the molecule is CC1CCN(Cc2ccc(CNC(=O)CC3COCCN3)cc2)CC1.Cl.Cl. The summed E-state index contributed by atoms with van der Waals surface area (Å²) in [5.41, 5.74) is 2.51. The van der Waals surface area contributed by atoms with E-state index in [4.69, 9.17) is 4.74 Å². The van der Waals surface area contributed by atoms with E-state index in [2.05, 4.69) is 46.7 Å². The predicted molar refractivity (Wildman–Crippen MR) is 114 cm³/mol. The minimum Gasteiger partial charge on any atom is -0.378 e. The van der Waals surface area contributed by atoms with Gasteiger partial charge in [-0.3, -0.25) is 9.69 Å². The number of carbonyl (C=O) groups is 1. The highest BCUT2D eigenvalue weighted by Gasteiger charge is 2.17. The van der Waals surface area contributed by atoms with Crippen molar-refractivity contribution in [2.45, 2.75) is 45.3 Å². The Bertz CT molecular complexity index is 543. The molecule has 2 aliphatic heterocycles. The third-order valence-electron chi connectivity index (χ3n) is 5.23. The molecule has 27 heavy (non-hydrogen) atoms. The molecule has 2 N–H and O–H groups in total. The highest BCUT2D eigenvalue weighted by Crippen LogP contribution is 2.18. The molecular formula is C20H33Cl2N3O2. The molecule has 0 bridgehead atoms. The molecule has 3 rings (SSSR count). The molecule has 7 heteroatoms. The summed E-state index contributed by atoms with van der Waals surface area (Å²) in [5.74, 6) is 0.951. The topological polar surface area (TPSA) is 53.6 Å². The molecule has 0 saturated carbocycles. The molecule has 1 atom stereocenters. The lowest BCUT2D eigenvalue weighted by Gasteiger charge is -2.30. The zero-order chi connectivity index (χ0) is 17.5. The van der Waals surface area contributed by atoms with Crippen molar-refractivity contribution in [3.63, 3.8) is 0 Å². The van der Waals surface area contributed by atoms with E-state index in [-0.39, 0.29) is 36.8 Å². The summed E-state index contributed by atoms with van der Waals surface area (Å²) in [6.07, 6.45) is 3.10. The summed E-state index contributed by atoms with van der Waals surface area (Å²) in [6.45, 7) is 8.57. The van der Waals surface area contributed by atoms with Gasteiger partial charge in [-0.2, -0.15) is 0 Å². The second-order valence-electron chi connectivity index (χ2n) is 7.48. The van der Waals surface area contributed by atoms with Gasteiger partial charge in [0, 0.05) is 32.1 Å². The molecule has 2 saturated heterocycles. The van der Waals surface area contributed by atoms with Crippen LogP contribution in [0.25, 0.3) is 0 Å². The highest BCUT2D eigenvalue weighted by molar-refractivity contribution is 5.85. The van der Waals surface area contributed by atoms with Crippen LogP contribution in [0.15, 0.2) is 24.3 Å². The first-order valence-corrected chi connectivity index (χ1v) is 9.57. The van der Waals surface area contributed by atoms with Gasteiger partial charge in [0.1, 0.15) is 0 Å². The van der Waals surface area contributed by atoms with Gasteiger partial charge in [0.05, 0.1) is 13.2 Å². The molecule has 2 heterocycles. The molecule has 0 aliphatic carbocycles. The third-order valence-corrected chi connectivity index (χ3v) is 5.23. The number of likely N-dealkylation sites (tertiary alicyclic amines) is 1. The van der Waals surface area contributed by atoms with Crippen molar-refractivity contribution >= 4 is 30.7 Å². The van der Waals surface area contributed by atoms with Crippen LogP contribution in [0.4, 0.5) is 0 Å². The number of piperidine rings is 1. The third kappa shape index (κ3) is 8.36. The molecule has 1 aromatic rings. The summed E-state index contributed by atoms with van der Waals surface area (Å²) in [6, 6.07) is 8.78. The molecule has 5 nitrogen and oxygen atoms in total. The number of benzene rings is 1. The average Bonchev–Trinajstić information content (AvgIpc) is 2.64. The molecule has 1 amide bonds. The molecule has 0 aromatic heterocycles. The van der Waals surface area contributed by atoms with Crippen molar-refractivity contribution in [2.24, 2.45) is 5.92 Å². The number of hydrogen-bond acceptors (Lipinski definition) is 4. The fourth-order valence-corrected chi connectivity index (χ4v) is 3.49. The molecule has 154 valence electrons. The van der Waals surface area contributed by atoms with E-state index in [1.807, 2.05) is 0 Å². The second-order valence-corrected chi connectivity index (χ2v) is 7.48. The minimum absolute atomic E-state index is 0. The largest absolute Gasteiger partial charge is 0.378 e. The normalized spacial score (nSPS) is 21.0. The lowest BCUT2D eigenvalue weighted by atomic mass is 9.99. The van der Waals surface area contributed by atoms with Gasteiger partial charge in [-0.05, 0) is 43.0 Å². The van der Waals surface area contributed by atoms with E-state index in [0.29, 0.717) is 19.6 Å². The Kier molecular flexibility index (Phi) is 11.3. The predicted octanol–water partition coefficient (Wildman–Crippen LogP) is 2.76. The number of amides is 1. The Morgan fingerprint density at radius 1 is 1.19 bits per heavy atom. The second kappa shape index (κ2) is 12.6. The monoisotopic (exact) mass is 417 g/mol. The Morgan fingerprint density at radius 2 is 1.85 bits per heavy atom. The maximum Gasteiger partial charge on any atom is 0.221 e. The average molecular weight is 418 g/mol. The maximum atomic E-state index is 12.0. The number of nitrogens with one attached hydrogen (secondary N) is 2. The molecule has 1 unspecified atom stereocenters. The van der Waals surface area contributed by atoms with Gasteiger partial charge < -0.3 is 15.4 Å². The smallest absolute Gasteiger partial charge is 0.221 e. The number of ether oxygens (including phenoxy) is 1. The Hall–Kier alpha value is -0.850. The van der Waals surface area contributed by atoms with Crippen LogP contribution in [0, 0.1) is 5.92 Å². The van der Waals surface area contributed by atoms with E-state index in [0.717, 1.165) is 31.2 Å². The van der Waals surface area contributed by atoms with Crippen LogP contribution in [0.5, 0.6) is 0 Å². The summed E-state index contributed by atoms with van der Waals surface area (Å²) >= 11 is 0. The Labute approximate surface area is 175 Å². The number of morpholine rings is 1. The summed E-state index contributed by atoms with van der Waals surface area (Å²) < 4.78 is 5.38. The van der Waals surface area contributed by atoms with Crippen LogP contribution in [0.3, 0.4) is 0 Å². The van der Waals surface area contributed by atoms with Crippen LogP contribution >= 0.6 is 24.8 Å². The number of nitrogens with zero attached hydrogens (tertiary/aromatic N) is 1. The standard InChI is InChI=1S/C20H31N3O2.2ClH/c1-16-6-9-23(10-7-16)14-18-4-2-17(3-5-18)13-22-20(24)12-19-15-25-11-8-21-19;;/h2-5,16,19,21H,6-15H2,1H3,(H,22,24);2*1H. The zero-order valence-electron chi connectivity index (χ0n) is 16.1. The van der Waals surface area contributed by atoms with Gasteiger partial charge >= 0.3 is 0 Å². The number of halogens is 2. The first-order chi connectivity index (χ1) is 12.2. The van der Waals surface area contributed by atoms with E-state index < -0.39 is 0 Å². The van der Waals surface area contributed by atoms with Crippen molar-refractivity contribution in [3.05, 3.63) is 35.4 Å². The molecule has 1 aromatic carbocycles. The van der Waals surface area contributed by atoms with Crippen LogP contribution in [-0.4, -0.2) is 49.7 Å². The van der Waals surface area contributed by atoms with Gasteiger partial charge in [0.15, 0.2) is 0 Å². The number of rotatable bonds is 6. The van der Waals surface area contributed by atoms with E-state index in [1.165, 1.54) is 31.5 Å². The van der Waals surface area contributed by atoms with Crippen molar-refractivity contribution in [1.82, 2.24) is 15.5 Å².